The van der Waals surface area contributed by atoms with Crippen LogP contribution in [0.15, 0.2) is 16.6 Å². The molecule has 1 aromatic rings. The van der Waals surface area contributed by atoms with Crippen LogP contribution < -0.4 is 4.72 Å². The zero-order chi connectivity index (χ0) is 14.1. The lowest BCUT2D eigenvalue weighted by Crippen LogP contribution is -2.40. The van der Waals surface area contributed by atoms with Gasteiger partial charge in [0.25, 0.3) is 0 Å². The number of benzene rings is 1. The van der Waals surface area contributed by atoms with Crippen LogP contribution in [0, 0.1) is 11.6 Å². The molecule has 0 bridgehead atoms. The van der Waals surface area contributed by atoms with Crippen molar-refractivity contribution >= 4 is 27.3 Å². The zero-order valence-electron chi connectivity index (χ0n) is 10.7. The van der Waals surface area contributed by atoms with Gasteiger partial charge in [-0.3, -0.25) is 0 Å². The van der Waals surface area contributed by atoms with Crippen LogP contribution in [0.4, 0.5) is 8.78 Å². The molecule has 0 heterocycles. The van der Waals surface area contributed by atoms with E-state index < -0.39 is 33.8 Å². The first kappa shape index (κ1) is 15.9. The third kappa shape index (κ3) is 3.91. The fourth-order valence-electron chi connectivity index (χ4n) is 1.29. The van der Waals surface area contributed by atoms with Gasteiger partial charge >= 0.3 is 0 Å². The summed E-state index contributed by atoms with van der Waals surface area (Å²) in [6.07, 6.45) is 0. The second-order valence-corrected chi connectivity index (χ2v) is 7.86. The average Bonchev–Trinajstić information content (AvgIpc) is 2.21. The SMILES string of the molecule is CC(N[S+]([O-])C(C)(C)C)c1cc(F)cc(Br)c1F. The molecule has 1 rings (SSSR count). The molecule has 1 aromatic carbocycles. The minimum absolute atomic E-state index is 0.0627. The number of halogens is 3. The number of nitrogens with one attached hydrogen (secondary N) is 1. The first-order valence-electron chi connectivity index (χ1n) is 5.45. The molecule has 2 unspecified atom stereocenters. The van der Waals surface area contributed by atoms with Crippen LogP contribution in [0.2, 0.25) is 0 Å². The van der Waals surface area contributed by atoms with E-state index in [9.17, 15) is 13.3 Å². The standard InChI is InChI=1S/C12H16BrF2NOS/c1-7(16-18(17)12(2,3)4)9-5-8(14)6-10(13)11(9)15/h5-7,16H,1-4H3. The Balaban J connectivity index is 2.95. The van der Waals surface area contributed by atoms with Crippen LogP contribution in [0.1, 0.15) is 39.3 Å². The first-order valence-corrected chi connectivity index (χ1v) is 7.39. The summed E-state index contributed by atoms with van der Waals surface area (Å²) in [5, 5.41) is 0. The molecule has 0 saturated heterocycles. The monoisotopic (exact) mass is 339 g/mol. The molecule has 102 valence electrons. The van der Waals surface area contributed by atoms with Crippen LogP contribution in [-0.4, -0.2) is 9.30 Å². The van der Waals surface area contributed by atoms with Gasteiger partial charge in [-0.2, -0.15) is 0 Å². The van der Waals surface area contributed by atoms with Gasteiger partial charge in [-0.05, 0) is 55.8 Å². The fourth-order valence-corrected chi connectivity index (χ4v) is 2.54. The summed E-state index contributed by atoms with van der Waals surface area (Å²) in [5.41, 5.74) is 0.152. The van der Waals surface area contributed by atoms with Gasteiger partial charge in [-0.25, -0.2) is 8.78 Å². The predicted molar refractivity (Wildman–Crippen MR) is 73.5 cm³/mol. The highest BCUT2D eigenvalue weighted by atomic mass is 79.9. The second-order valence-electron chi connectivity index (χ2n) is 5.01. The van der Waals surface area contributed by atoms with Crippen LogP contribution >= 0.6 is 15.9 Å². The van der Waals surface area contributed by atoms with Crippen molar-refractivity contribution in [2.45, 2.75) is 38.5 Å². The molecule has 0 aliphatic rings. The van der Waals surface area contributed by atoms with Crippen molar-refractivity contribution < 1.29 is 13.3 Å². The fraction of sp³-hybridized carbons (Fsp3) is 0.500. The maximum absolute atomic E-state index is 13.8. The minimum Gasteiger partial charge on any atom is -0.598 e. The molecule has 6 heteroatoms. The highest BCUT2D eigenvalue weighted by molar-refractivity contribution is 9.10. The molecule has 18 heavy (non-hydrogen) atoms. The quantitative estimate of drug-likeness (QED) is 0.670. The van der Waals surface area contributed by atoms with E-state index in [4.69, 9.17) is 0 Å². The molecule has 2 nitrogen and oxygen atoms in total. The molecule has 0 aromatic heterocycles. The molecule has 2 atom stereocenters. The Kier molecular flexibility index (Phi) is 5.17. The van der Waals surface area contributed by atoms with Crippen molar-refractivity contribution in [2.75, 3.05) is 0 Å². The molecule has 0 saturated carbocycles. The summed E-state index contributed by atoms with van der Waals surface area (Å²) < 4.78 is 41.3. The van der Waals surface area contributed by atoms with E-state index in [-0.39, 0.29) is 10.0 Å². The number of hydrogen-bond donors (Lipinski definition) is 1. The lowest BCUT2D eigenvalue weighted by molar-refractivity contribution is 0.517. The normalized spacial score (nSPS) is 15.6. The van der Waals surface area contributed by atoms with Crippen molar-refractivity contribution in [1.29, 1.82) is 0 Å². The average molecular weight is 340 g/mol. The molecule has 0 amide bonds. The molecule has 0 aliphatic carbocycles. The van der Waals surface area contributed by atoms with Gasteiger partial charge in [0.15, 0.2) is 0 Å². The van der Waals surface area contributed by atoms with Crippen LogP contribution in [0.25, 0.3) is 0 Å². The molecular formula is C12H16BrF2NOS. The van der Waals surface area contributed by atoms with Crippen molar-refractivity contribution in [2.24, 2.45) is 0 Å². The van der Waals surface area contributed by atoms with Crippen LogP contribution in [0.3, 0.4) is 0 Å². The second kappa shape index (κ2) is 5.86. The van der Waals surface area contributed by atoms with Gasteiger partial charge < -0.3 is 4.55 Å². The smallest absolute Gasteiger partial charge is 0.142 e. The first-order chi connectivity index (χ1) is 8.12. The summed E-state index contributed by atoms with van der Waals surface area (Å²) in [4.78, 5) is 0. The van der Waals surface area contributed by atoms with Crippen LogP contribution in [-0.2, 0) is 11.4 Å². The largest absolute Gasteiger partial charge is 0.598 e. The minimum atomic E-state index is -1.34. The molecule has 0 spiro atoms. The summed E-state index contributed by atoms with van der Waals surface area (Å²) >= 11 is 1.61. The molecule has 0 fully saturated rings. The van der Waals surface area contributed by atoms with Gasteiger partial charge in [-0.1, -0.05) is 0 Å². The highest BCUT2D eigenvalue weighted by Gasteiger charge is 2.29. The van der Waals surface area contributed by atoms with Gasteiger partial charge in [0.2, 0.25) is 0 Å². The zero-order valence-corrected chi connectivity index (χ0v) is 13.1. The van der Waals surface area contributed by atoms with Crippen molar-refractivity contribution in [3.05, 3.63) is 33.8 Å². The van der Waals surface area contributed by atoms with E-state index in [1.54, 1.807) is 27.7 Å². The molecule has 0 radical (unpaired) electrons. The Labute approximate surface area is 118 Å². The Morgan fingerprint density at radius 1 is 1.33 bits per heavy atom. The summed E-state index contributed by atoms with van der Waals surface area (Å²) in [7, 11) is 0. The Morgan fingerprint density at radius 2 is 1.89 bits per heavy atom. The Hall–Kier alpha value is -0.170. The highest BCUT2D eigenvalue weighted by Crippen LogP contribution is 2.27. The molecule has 0 aliphatic heterocycles. The molecule has 1 N–H and O–H groups in total. The van der Waals surface area contributed by atoms with E-state index in [1.165, 1.54) is 0 Å². The van der Waals surface area contributed by atoms with E-state index in [1.807, 2.05) is 0 Å². The number of rotatable bonds is 3. The van der Waals surface area contributed by atoms with E-state index >= 15 is 0 Å². The lowest BCUT2D eigenvalue weighted by Gasteiger charge is -2.26. The third-order valence-electron chi connectivity index (χ3n) is 2.33. The van der Waals surface area contributed by atoms with Gasteiger partial charge in [0.1, 0.15) is 16.4 Å². The van der Waals surface area contributed by atoms with Gasteiger partial charge in [-0.15, -0.1) is 4.72 Å². The Bertz CT molecular complexity index is 437. The predicted octanol–water partition coefficient (Wildman–Crippen LogP) is 3.84. The van der Waals surface area contributed by atoms with Gasteiger partial charge in [0.05, 0.1) is 10.5 Å². The molecular weight excluding hydrogens is 324 g/mol. The lowest BCUT2D eigenvalue weighted by atomic mass is 10.1. The Morgan fingerprint density at radius 3 is 2.39 bits per heavy atom. The third-order valence-corrected chi connectivity index (χ3v) is 4.58. The van der Waals surface area contributed by atoms with Gasteiger partial charge in [0, 0.05) is 16.9 Å². The van der Waals surface area contributed by atoms with E-state index in [0.29, 0.717) is 0 Å². The summed E-state index contributed by atoms with van der Waals surface area (Å²) in [5.74, 6) is -1.07. The maximum Gasteiger partial charge on any atom is 0.142 e. The van der Waals surface area contributed by atoms with E-state index in [0.717, 1.165) is 12.1 Å². The van der Waals surface area contributed by atoms with Crippen LogP contribution in [0.5, 0.6) is 0 Å². The van der Waals surface area contributed by atoms with Crippen molar-refractivity contribution in [3.63, 3.8) is 0 Å². The van der Waals surface area contributed by atoms with Crippen molar-refractivity contribution in [1.82, 2.24) is 4.72 Å². The summed E-state index contributed by atoms with van der Waals surface area (Å²) in [6.45, 7) is 7.07. The topological polar surface area (TPSA) is 35.1 Å². The van der Waals surface area contributed by atoms with Crippen molar-refractivity contribution in [3.8, 4) is 0 Å². The summed E-state index contributed by atoms with van der Waals surface area (Å²) in [6, 6.07) is 1.63. The number of hydrogen-bond acceptors (Lipinski definition) is 2. The van der Waals surface area contributed by atoms with E-state index in [2.05, 4.69) is 20.7 Å². The maximum atomic E-state index is 13.8.